The second-order valence-electron chi connectivity index (χ2n) is 5.19. The van der Waals surface area contributed by atoms with Crippen LogP contribution in [-0.4, -0.2) is 29.5 Å². The van der Waals surface area contributed by atoms with Gasteiger partial charge in [0.15, 0.2) is 0 Å². The van der Waals surface area contributed by atoms with Gasteiger partial charge in [-0.05, 0) is 37.7 Å². The number of hydrogen-bond acceptors (Lipinski definition) is 3. The number of anilines is 1. The molecule has 1 heterocycles. The number of nitrogens with one attached hydrogen (secondary N) is 1. The van der Waals surface area contributed by atoms with Crippen LogP contribution in [0.4, 0.5) is 5.82 Å². The Balaban J connectivity index is 2.13. The molecule has 1 aromatic carbocycles. The van der Waals surface area contributed by atoms with E-state index in [4.69, 9.17) is 0 Å². The van der Waals surface area contributed by atoms with Crippen LogP contribution in [-0.2, 0) is 0 Å². The van der Waals surface area contributed by atoms with Crippen molar-refractivity contribution in [3.05, 3.63) is 59.8 Å². The number of benzene rings is 1. The van der Waals surface area contributed by atoms with Crippen molar-refractivity contribution in [2.24, 2.45) is 0 Å². The third-order valence-corrected chi connectivity index (χ3v) is 3.80. The van der Waals surface area contributed by atoms with E-state index in [0.29, 0.717) is 6.04 Å². The maximum atomic E-state index is 4.52. The molecule has 0 aliphatic rings. The van der Waals surface area contributed by atoms with Crippen LogP contribution in [0.5, 0.6) is 0 Å². The topological polar surface area (TPSA) is 28.2 Å². The highest BCUT2D eigenvalue weighted by molar-refractivity contribution is 5.36. The first-order valence-corrected chi connectivity index (χ1v) is 7.71. The molecule has 0 saturated heterocycles. The lowest BCUT2D eigenvalue weighted by Gasteiger charge is -2.30. The summed E-state index contributed by atoms with van der Waals surface area (Å²) in [4.78, 5) is 6.99. The molecule has 0 bridgehead atoms. The van der Waals surface area contributed by atoms with Crippen molar-refractivity contribution in [1.82, 2.24) is 9.88 Å². The molecule has 1 unspecified atom stereocenters. The van der Waals surface area contributed by atoms with Crippen molar-refractivity contribution < 1.29 is 0 Å². The fraction of sp³-hybridized carbons (Fsp3) is 0.389. The largest absolute Gasteiger partial charge is 0.368 e. The van der Waals surface area contributed by atoms with Gasteiger partial charge < -0.3 is 5.32 Å². The molecule has 2 rings (SSSR count). The first-order valence-electron chi connectivity index (χ1n) is 7.71. The van der Waals surface area contributed by atoms with Crippen molar-refractivity contribution in [3.8, 4) is 0 Å². The number of aromatic nitrogens is 1. The molecule has 112 valence electrons. The molecule has 21 heavy (non-hydrogen) atoms. The average Bonchev–Trinajstić information content (AvgIpc) is 2.52. The van der Waals surface area contributed by atoms with E-state index in [0.717, 1.165) is 31.1 Å². The summed E-state index contributed by atoms with van der Waals surface area (Å²) in [6.07, 6.45) is 0. The Labute approximate surface area is 128 Å². The van der Waals surface area contributed by atoms with E-state index in [1.807, 2.05) is 25.1 Å². The third-order valence-electron chi connectivity index (χ3n) is 3.80. The van der Waals surface area contributed by atoms with E-state index in [-0.39, 0.29) is 0 Å². The van der Waals surface area contributed by atoms with Crippen LogP contribution >= 0.6 is 0 Å². The predicted octanol–water partition coefficient (Wildman–Crippen LogP) is 3.89. The van der Waals surface area contributed by atoms with Gasteiger partial charge in [0.2, 0.25) is 0 Å². The molecule has 0 amide bonds. The molecule has 1 atom stereocenters. The number of likely N-dealkylation sites (N-methyl/N-ethyl adjacent to an activating group) is 1. The van der Waals surface area contributed by atoms with E-state index in [2.05, 4.69) is 59.4 Å². The monoisotopic (exact) mass is 283 g/mol. The minimum atomic E-state index is 0.364. The van der Waals surface area contributed by atoms with Gasteiger partial charge in [-0.15, -0.1) is 0 Å². The molecular weight excluding hydrogens is 258 g/mol. The lowest BCUT2D eigenvalue weighted by molar-refractivity contribution is 0.228. The van der Waals surface area contributed by atoms with E-state index < -0.39 is 0 Å². The van der Waals surface area contributed by atoms with Gasteiger partial charge in [-0.3, -0.25) is 4.90 Å². The molecule has 3 heteroatoms. The minimum Gasteiger partial charge on any atom is -0.368 e. The molecule has 0 saturated carbocycles. The minimum absolute atomic E-state index is 0.364. The lowest BCUT2D eigenvalue weighted by atomic mass is 10.1. The first kappa shape index (κ1) is 15.5. The number of rotatable bonds is 7. The zero-order chi connectivity index (χ0) is 15.1. The van der Waals surface area contributed by atoms with Crippen molar-refractivity contribution in [3.63, 3.8) is 0 Å². The summed E-state index contributed by atoms with van der Waals surface area (Å²) in [6.45, 7) is 9.39. The van der Waals surface area contributed by atoms with Crippen LogP contribution in [0.25, 0.3) is 0 Å². The van der Waals surface area contributed by atoms with E-state index in [9.17, 15) is 0 Å². The van der Waals surface area contributed by atoms with Crippen LogP contribution < -0.4 is 5.32 Å². The van der Waals surface area contributed by atoms with Gasteiger partial charge in [-0.25, -0.2) is 4.98 Å². The zero-order valence-electron chi connectivity index (χ0n) is 13.2. The second kappa shape index (κ2) is 7.79. The van der Waals surface area contributed by atoms with Gasteiger partial charge in [-0.2, -0.15) is 0 Å². The zero-order valence-corrected chi connectivity index (χ0v) is 13.2. The quantitative estimate of drug-likeness (QED) is 0.835. The molecule has 3 nitrogen and oxygen atoms in total. The first-order chi connectivity index (χ1) is 10.2. The van der Waals surface area contributed by atoms with Gasteiger partial charge in [-0.1, -0.05) is 50.2 Å². The van der Waals surface area contributed by atoms with Crippen LogP contribution in [0, 0.1) is 6.92 Å². The number of aryl methyl sites for hydroxylation is 1. The number of nitrogens with zero attached hydrogens (tertiary/aromatic N) is 2. The fourth-order valence-corrected chi connectivity index (χ4v) is 2.64. The molecule has 1 aromatic heterocycles. The molecule has 0 fully saturated rings. The Morgan fingerprint density at radius 3 is 2.33 bits per heavy atom. The SMILES string of the molecule is CCN(CC)C(CNc1cccc(C)n1)c1ccccc1. The fourth-order valence-electron chi connectivity index (χ4n) is 2.64. The van der Waals surface area contributed by atoms with Gasteiger partial charge >= 0.3 is 0 Å². The van der Waals surface area contributed by atoms with Crippen LogP contribution in [0.15, 0.2) is 48.5 Å². The van der Waals surface area contributed by atoms with Gasteiger partial charge in [0.05, 0.1) is 6.04 Å². The smallest absolute Gasteiger partial charge is 0.126 e. The Hall–Kier alpha value is -1.87. The normalized spacial score (nSPS) is 12.4. The predicted molar refractivity (Wildman–Crippen MR) is 89.6 cm³/mol. The second-order valence-corrected chi connectivity index (χ2v) is 5.19. The molecule has 1 N–H and O–H groups in total. The number of hydrogen-bond donors (Lipinski definition) is 1. The summed E-state index contributed by atoms with van der Waals surface area (Å²) in [5.74, 6) is 0.947. The summed E-state index contributed by atoms with van der Waals surface area (Å²) in [5.41, 5.74) is 2.39. The standard InChI is InChI=1S/C18H25N3/c1-4-21(5-2)17(16-11-7-6-8-12-16)14-19-18-13-9-10-15(3)20-18/h6-13,17H,4-5,14H2,1-3H3,(H,19,20). The van der Waals surface area contributed by atoms with Crippen LogP contribution in [0.1, 0.15) is 31.1 Å². The summed E-state index contributed by atoms with van der Waals surface area (Å²) < 4.78 is 0. The molecule has 0 spiro atoms. The Kier molecular flexibility index (Phi) is 5.76. The highest BCUT2D eigenvalue weighted by Gasteiger charge is 2.17. The molecule has 0 aliphatic carbocycles. The summed E-state index contributed by atoms with van der Waals surface area (Å²) in [6, 6.07) is 17.1. The Bertz CT molecular complexity index is 535. The highest BCUT2D eigenvalue weighted by Crippen LogP contribution is 2.21. The van der Waals surface area contributed by atoms with E-state index >= 15 is 0 Å². The Morgan fingerprint density at radius 2 is 1.71 bits per heavy atom. The lowest BCUT2D eigenvalue weighted by Crippen LogP contribution is -2.33. The molecule has 0 aliphatic heterocycles. The van der Waals surface area contributed by atoms with Crippen molar-refractivity contribution in [1.29, 1.82) is 0 Å². The Morgan fingerprint density at radius 1 is 1.00 bits per heavy atom. The summed E-state index contributed by atoms with van der Waals surface area (Å²) in [7, 11) is 0. The van der Waals surface area contributed by atoms with E-state index in [1.54, 1.807) is 0 Å². The maximum absolute atomic E-state index is 4.52. The van der Waals surface area contributed by atoms with Crippen molar-refractivity contribution >= 4 is 5.82 Å². The van der Waals surface area contributed by atoms with Gasteiger partial charge in [0.25, 0.3) is 0 Å². The summed E-state index contributed by atoms with van der Waals surface area (Å²) >= 11 is 0. The van der Waals surface area contributed by atoms with Crippen LogP contribution in [0.3, 0.4) is 0 Å². The van der Waals surface area contributed by atoms with E-state index in [1.165, 1.54) is 5.56 Å². The highest BCUT2D eigenvalue weighted by atomic mass is 15.2. The maximum Gasteiger partial charge on any atom is 0.126 e. The molecule has 2 aromatic rings. The average molecular weight is 283 g/mol. The summed E-state index contributed by atoms with van der Waals surface area (Å²) in [5, 5.41) is 3.48. The molecule has 0 radical (unpaired) electrons. The van der Waals surface area contributed by atoms with Crippen LogP contribution in [0.2, 0.25) is 0 Å². The third kappa shape index (κ3) is 4.30. The van der Waals surface area contributed by atoms with Crippen molar-refractivity contribution in [2.45, 2.75) is 26.8 Å². The van der Waals surface area contributed by atoms with Gasteiger partial charge in [0.1, 0.15) is 5.82 Å². The van der Waals surface area contributed by atoms with Gasteiger partial charge in [0, 0.05) is 12.2 Å². The molecular formula is C18H25N3. The van der Waals surface area contributed by atoms with Crippen molar-refractivity contribution in [2.75, 3.05) is 25.0 Å². The number of pyridine rings is 1.